The number of aromatic amines is 1. The lowest BCUT2D eigenvalue weighted by molar-refractivity contribution is 0.252. The van der Waals surface area contributed by atoms with Crippen LogP contribution in [0.1, 0.15) is 31.9 Å². The fraction of sp³-hybridized carbons (Fsp3) is 0.300. The number of oxazole rings is 1. The molecule has 0 spiro atoms. The second-order valence-corrected chi connectivity index (χ2v) is 7.30. The van der Waals surface area contributed by atoms with Crippen LogP contribution in [0, 0.1) is 0 Å². The molecule has 0 radical (unpaired) electrons. The monoisotopic (exact) mass is 353 g/mol. The van der Waals surface area contributed by atoms with Gasteiger partial charge in [0.05, 0.1) is 5.52 Å². The molecule has 3 N–H and O–H groups in total. The van der Waals surface area contributed by atoms with Crippen LogP contribution >= 0.6 is 0 Å². The number of urea groups is 1. The van der Waals surface area contributed by atoms with Crippen LogP contribution < -0.4 is 16.4 Å². The minimum absolute atomic E-state index is 0.136. The van der Waals surface area contributed by atoms with E-state index < -0.39 is 5.76 Å². The van der Waals surface area contributed by atoms with E-state index in [0.717, 1.165) is 6.42 Å². The summed E-state index contributed by atoms with van der Waals surface area (Å²) >= 11 is 0. The van der Waals surface area contributed by atoms with E-state index >= 15 is 0 Å². The number of fused-ring (bicyclic) bond motifs is 1. The molecular weight excluding hydrogens is 330 g/mol. The topological polar surface area (TPSA) is 87.1 Å². The van der Waals surface area contributed by atoms with Gasteiger partial charge < -0.3 is 15.1 Å². The summed E-state index contributed by atoms with van der Waals surface area (Å²) in [5, 5.41) is 5.58. The zero-order valence-corrected chi connectivity index (χ0v) is 15.2. The number of carbonyl (C=O) groups is 1. The largest absolute Gasteiger partial charge is 0.417 e. The number of carbonyl (C=O) groups excluding carboxylic acids is 1. The summed E-state index contributed by atoms with van der Waals surface area (Å²) in [4.78, 5) is 25.7. The minimum Gasteiger partial charge on any atom is -0.408 e. The molecule has 0 unspecified atom stereocenters. The normalized spacial score (nSPS) is 11.5. The highest BCUT2D eigenvalue weighted by Gasteiger charge is 2.12. The van der Waals surface area contributed by atoms with Crippen molar-refractivity contribution in [3.05, 3.63) is 64.1 Å². The van der Waals surface area contributed by atoms with Crippen molar-refractivity contribution in [2.75, 3.05) is 11.9 Å². The predicted molar refractivity (Wildman–Crippen MR) is 103 cm³/mol. The lowest BCUT2D eigenvalue weighted by atomic mass is 9.86. The summed E-state index contributed by atoms with van der Waals surface area (Å²) in [6, 6.07) is 13.2. The lowest BCUT2D eigenvalue weighted by Gasteiger charge is -2.19. The van der Waals surface area contributed by atoms with Crippen molar-refractivity contribution >= 4 is 22.8 Å². The summed E-state index contributed by atoms with van der Waals surface area (Å²) in [6.45, 7) is 7.09. The Morgan fingerprint density at radius 1 is 1.12 bits per heavy atom. The van der Waals surface area contributed by atoms with Gasteiger partial charge in [-0.3, -0.25) is 4.98 Å². The number of hydrogen-bond acceptors (Lipinski definition) is 3. The third kappa shape index (κ3) is 4.33. The summed E-state index contributed by atoms with van der Waals surface area (Å²) in [5.41, 5.74) is 4.19. The molecule has 1 heterocycles. The molecule has 3 aromatic rings. The lowest BCUT2D eigenvalue weighted by Crippen LogP contribution is -2.30. The number of H-pyrrole nitrogens is 1. The van der Waals surface area contributed by atoms with Crippen LogP contribution in [0.5, 0.6) is 0 Å². The molecular formula is C20H23N3O3. The van der Waals surface area contributed by atoms with Crippen molar-refractivity contribution in [3.63, 3.8) is 0 Å². The molecule has 0 fully saturated rings. The standard InChI is InChI=1S/C20H23N3O3/c1-20(2,3)14-6-4-13(5-7-14)10-11-21-18(24)22-15-8-9-17-16(12-15)23-19(25)26-17/h4-9,12H,10-11H2,1-3H3,(H,23,25)(H2,21,22,24). The molecule has 0 aliphatic rings. The summed E-state index contributed by atoms with van der Waals surface area (Å²) in [5.74, 6) is -0.515. The Morgan fingerprint density at radius 3 is 2.54 bits per heavy atom. The molecule has 3 rings (SSSR count). The predicted octanol–water partition coefficient (Wildman–Crippen LogP) is 3.78. The first-order valence-electron chi connectivity index (χ1n) is 8.58. The average molecular weight is 353 g/mol. The van der Waals surface area contributed by atoms with Crippen molar-refractivity contribution in [2.24, 2.45) is 0 Å². The Hall–Kier alpha value is -3.02. The van der Waals surface area contributed by atoms with Crippen molar-refractivity contribution in [1.29, 1.82) is 0 Å². The van der Waals surface area contributed by atoms with E-state index in [0.29, 0.717) is 23.3 Å². The van der Waals surface area contributed by atoms with Crippen LogP contribution in [0.3, 0.4) is 0 Å². The first-order valence-corrected chi connectivity index (χ1v) is 8.58. The van der Waals surface area contributed by atoms with Crippen LogP contribution in [0.2, 0.25) is 0 Å². The van der Waals surface area contributed by atoms with Gasteiger partial charge in [-0.15, -0.1) is 0 Å². The van der Waals surface area contributed by atoms with E-state index in [1.165, 1.54) is 11.1 Å². The molecule has 136 valence electrons. The minimum atomic E-state index is -0.515. The number of anilines is 1. The van der Waals surface area contributed by atoms with Gasteiger partial charge in [-0.25, -0.2) is 9.59 Å². The van der Waals surface area contributed by atoms with Gasteiger partial charge >= 0.3 is 11.8 Å². The molecule has 26 heavy (non-hydrogen) atoms. The van der Waals surface area contributed by atoms with Gasteiger partial charge in [0.15, 0.2) is 5.58 Å². The van der Waals surface area contributed by atoms with Gasteiger partial charge in [0.1, 0.15) is 0 Å². The second kappa shape index (κ2) is 7.07. The Kier molecular flexibility index (Phi) is 4.84. The fourth-order valence-corrected chi connectivity index (χ4v) is 2.70. The van der Waals surface area contributed by atoms with Crippen molar-refractivity contribution in [3.8, 4) is 0 Å². The highest BCUT2D eigenvalue weighted by Crippen LogP contribution is 2.22. The molecule has 0 saturated heterocycles. The molecule has 0 saturated carbocycles. The third-order valence-corrected chi connectivity index (χ3v) is 4.20. The summed E-state index contributed by atoms with van der Waals surface area (Å²) < 4.78 is 4.93. The highest BCUT2D eigenvalue weighted by atomic mass is 16.4. The van der Waals surface area contributed by atoms with Crippen LogP contribution in [0.4, 0.5) is 10.5 Å². The first-order chi connectivity index (χ1) is 12.3. The highest BCUT2D eigenvalue weighted by molar-refractivity contribution is 5.91. The van der Waals surface area contributed by atoms with Gasteiger partial charge in [0.25, 0.3) is 0 Å². The molecule has 6 heteroatoms. The number of hydrogen-bond donors (Lipinski definition) is 3. The maximum Gasteiger partial charge on any atom is 0.417 e. The molecule has 1 aromatic heterocycles. The number of benzene rings is 2. The van der Waals surface area contributed by atoms with Gasteiger partial charge in [-0.05, 0) is 41.2 Å². The summed E-state index contributed by atoms with van der Waals surface area (Å²) in [7, 11) is 0. The zero-order chi connectivity index (χ0) is 18.7. The average Bonchev–Trinajstić information content (AvgIpc) is 2.94. The van der Waals surface area contributed by atoms with Crippen molar-refractivity contribution in [2.45, 2.75) is 32.6 Å². The molecule has 0 atom stereocenters. The molecule has 2 amide bonds. The Balaban J connectivity index is 1.51. The molecule has 6 nitrogen and oxygen atoms in total. The molecule has 0 aliphatic heterocycles. The van der Waals surface area contributed by atoms with Gasteiger partial charge in [0, 0.05) is 12.2 Å². The van der Waals surface area contributed by atoms with E-state index in [1.54, 1.807) is 18.2 Å². The fourth-order valence-electron chi connectivity index (χ4n) is 2.70. The molecule has 0 aliphatic carbocycles. The zero-order valence-electron chi connectivity index (χ0n) is 15.2. The van der Waals surface area contributed by atoms with E-state index in [2.05, 4.69) is 60.7 Å². The SMILES string of the molecule is CC(C)(C)c1ccc(CCNC(=O)Nc2ccc3oc(=O)[nH]c3c2)cc1. The van der Waals surface area contributed by atoms with Crippen LogP contribution in [-0.4, -0.2) is 17.6 Å². The van der Waals surface area contributed by atoms with Gasteiger partial charge in [-0.2, -0.15) is 0 Å². The number of aromatic nitrogens is 1. The Labute approximate surface area is 151 Å². The maximum atomic E-state index is 12.0. The smallest absolute Gasteiger partial charge is 0.408 e. The van der Waals surface area contributed by atoms with E-state index in [-0.39, 0.29) is 11.4 Å². The van der Waals surface area contributed by atoms with Gasteiger partial charge in [-0.1, -0.05) is 45.0 Å². The molecule has 2 aromatic carbocycles. The Morgan fingerprint density at radius 2 is 1.85 bits per heavy atom. The van der Waals surface area contributed by atoms with Gasteiger partial charge in [0.2, 0.25) is 0 Å². The number of nitrogens with one attached hydrogen (secondary N) is 3. The second-order valence-electron chi connectivity index (χ2n) is 7.30. The van der Waals surface area contributed by atoms with Crippen molar-refractivity contribution < 1.29 is 9.21 Å². The van der Waals surface area contributed by atoms with Crippen molar-refractivity contribution in [1.82, 2.24) is 10.3 Å². The van der Waals surface area contributed by atoms with Crippen LogP contribution in [-0.2, 0) is 11.8 Å². The maximum absolute atomic E-state index is 12.0. The van der Waals surface area contributed by atoms with Crippen LogP contribution in [0.15, 0.2) is 51.7 Å². The number of rotatable bonds is 4. The Bertz CT molecular complexity index is 962. The third-order valence-electron chi connectivity index (χ3n) is 4.20. The first kappa shape index (κ1) is 17.8. The van der Waals surface area contributed by atoms with Crippen LogP contribution in [0.25, 0.3) is 11.1 Å². The van der Waals surface area contributed by atoms with E-state index in [1.807, 2.05) is 0 Å². The van der Waals surface area contributed by atoms with E-state index in [9.17, 15) is 9.59 Å². The number of amides is 2. The van der Waals surface area contributed by atoms with E-state index in [4.69, 9.17) is 4.42 Å². The molecule has 0 bridgehead atoms. The quantitative estimate of drug-likeness (QED) is 0.667. The summed E-state index contributed by atoms with van der Waals surface area (Å²) in [6.07, 6.45) is 0.756.